The number of carboxylic acids is 1. The van der Waals surface area contributed by atoms with Gasteiger partial charge in [-0.1, -0.05) is 62.4 Å². The minimum Gasteiger partial charge on any atom is -0.478 e. The number of nitrogens with one attached hydrogen (secondary N) is 4. The van der Waals surface area contributed by atoms with Crippen LogP contribution in [0.2, 0.25) is 0 Å². The Kier molecular flexibility index (Phi) is 10.2. The molecule has 0 fully saturated rings. The first kappa shape index (κ1) is 35.7. The van der Waals surface area contributed by atoms with Crippen LogP contribution in [0.1, 0.15) is 82.6 Å². The van der Waals surface area contributed by atoms with Gasteiger partial charge in [0.1, 0.15) is 12.1 Å². The third kappa shape index (κ3) is 7.79. The molecule has 2 aliphatic rings. The van der Waals surface area contributed by atoms with E-state index in [4.69, 9.17) is 0 Å². The molecule has 1 aliphatic heterocycles. The van der Waals surface area contributed by atoms with Gasteiger partial charge >= 0.3 is 5.97 Å². The molecule has 4 amide bonds. The van der Waals surface area contributed by atoms with Crippen LogP contribution in [0.15, 0.2) is 60.7 Å². The van der Waals surface area contributed by atoms with Gasteiger partial charge in [0.05, 0.1) is 28.4 Å². The highest BCUT2D eigenvalue weighted by molar-refractivity contribution is 7.22. The lowest BCUT2D eigenvalue weighted by Gasteiger charge is -2.41. The van der Waals surface area contributed by atoms with Crippen LogP contribution < -0.4 is 21.3 Å². The SMILES string of the molecule is CNCC(=O)NC(C(=O)N1Cc2cc(C(=O)Nc3nc4cc(C(=O)O)ccc4s3)ccc2CC1C(=O)NC1CCCc2ccccc21)C(C)(C)C. The molecule has 4 aromatic rings. The van der Waals surface area contributed by atoms with Crippen LogP contribution in [0.25, 0.3) is 10.2 Å². The quantitative estimate of drug-likeness (QED) is 0.170. The number of aryl methyl sites for hydroxylation is 1. The molecule has 0 saturated heterocycles. The van der Waals surface area contributed by atoms with Crippen LogP contribution in [0.5, 0.6) is 0 Å². The fourth-order valence-electron chi connectivity index (χ4n) is 6.83. The van der Waals surface area contributed by atoms with Crippen molar-refractivity contribution in [2.45, 2.75) is 71.1 Å². The summed E-state index contributed by atoms with van der Waals surface area (Å²) in [5, 5.41) is 21.4. The zero-order valence-corrected chi connectivity index (χ0v) is 29.9. The lowest BCUT2D eigenvalue weighted by molar-refractivity contribution is -0.147. The molecule has 0 radical (unpaired) electrons. The second-order valence-corrected chi connectivity index (χ2v) is 15.2. The molecule has 3 unspecified atom stereocenters. The summed E-state index contributed by atoms with van der Waals surface area (Å²) in [6.07, 6.45) is 2.91. The predicted octanol–water partition coefficient (Wildman–Crippen LogP) is 4.44. The van der Waals surface area contributed by atoms with E-state index in [-0.39, 0.29) is 48.8 Å². The Morgan fingerprint density at radius 2 is 1.75 bits per heavy atom. The number of rotatable bonds is 9. The molecule has 0 spiro atoms. The Bertz CT molecular complexity index is 2020. The monoisotopic (exact) mass is 710 g/mol. The fraction of sp³-hybridized carbons (Fsp3) is 0.368. The summed E-state index contributed by atoms with van der Waals surface area (Å²) >= 11 is 1.23. The Morgan fingerprint density at radius 3 is 2.49 bits per heavy atom. The van der Waals surface area contributed by atoms with Gasteiger partial charge in [-0.15, -0.1) is 0 Å². The van der Waals surface area contributed by atoms with Gasteiger partial charge in [-0.2, -0.15) is 0 Å². The molecule has 1 aromatic heterocycles. The van der Waals surface area contributed by atoms with E-state index >= 15 is 0 Å². The maximum absolute atomic E-state index is 14.5. The average molecular weight is 711 g/mol. The highest BCUT2D eigenvalue weighted by Crippen LogP contribution is 2.33. The van der Waals surface area contributed by atoms with E-state index in [0.717, 1.165) is 35.1 Å². The Labute approximate surface area is 300 Å². The molecule has 6 rings (SSSR count). The molecule has 51 heavy (non-hydrogen) atoms. The zero-order valence-electron chi connectivity index (χ0n) is 29.0. The van der Waals surface area contributed by atoms with Crippen molar-refractivity contribution in [1.29, 1.82) is 0 Å². The highest BCUT2D eigenvalue weighted by atomic mass is 32.1. The number of thiazole rings is 1. The van der Waals surface area contributed by atoms with Gasteiger partial charge in [-0.05, 0) is 84.3 Å². The second-order valence-electron chi connectivity index (χ2n) is 14.2. The van der Waals surface area contributed by atoms with Crippen LogP contribution in [0.3, 0.4) is 0 Å². The predicted molar refractivity (Wildman–Crippen MR) is 195 cm³/mol. The minimum absolute atomic E-state index is 0.0293. The van der Waals surface area contributed by atoms with Gasteiger partial charge in [-0.3, -0.25) is 24.5 Å². The number of amides is 4. The lowest BCUT2D eigenvalue weighted by atomic mass is 9.83. The van der Waals surface area contributed by atoms with Gasteiger partial charge in [0.2, 0.25) is 17.7 Å². The molecule has 0 saturated carbocycles. The van der Waals surface area contributed by atoms with E-state index in [1.165, 1.54) is 33.9 Å². The highest BCUT2D eigenvalue weighted by Gasteiger charge is 2.42. The molecular formula is C38H42N6O6S. The smallest absolute Gasteiger partial charge is 0.335 e. The standard InChI is InChI=1S/C38H42N6O6S/c1-38(2,3)32(42-31(45)19-39-4)35(48)44-20-25-16-23(33(46)43-37-41-28-17-24(36(49)50)14-15-30(28)51-37)13-12-22(25)18-29(44)34(47)40-27-11-7-9-21-8-5-6-10-26(21)27/h5-6,8,10,12-17,27,29,32,39H,7,9,11,18-20H2,1-4H3,(H,40,47)(H,42,45)(H,49,50)(H,41,43,46). The summed E-state index contributed by atoms with van der Waals surface area (Å²) in [7, 11) is 1.65. The Morgan fingerprint density at radius 1 is 0.980 bits per heavy atom. The van der Waals surface area contributed by atoms with Crippen LogP contribution in [-0.2, 0) is 33.8 Å². The number of hydrogen-bond acceptors (Lipinski definition) is 8. The summed E-state index contributed by atoms with van der Waals surface area (Å²) in [6.45, 7) is 5.69. The molecule has 3 aromatic carbocycles. The van der Waals surface area contributed by atoms with Crippen molar-refractivity contribution in [3.05, 3.63) is 94.0 Å². The number of aromatic nitrogens is 1. The third-order valence-electron chi connectivity index (χ3n) is 9.48. The first-order chi connectivity index (χ1) is 24.3. The molecule has 2 heterocycles. The fourth-order valence-corrected chi connectivity index (χ4v) is 7.67. The van der Waals surface area contributed by atoms with Crippen molar-refractivity contribution in [2.24, 2.45) is 5.41 Å². The van der Waals surface area contributed by atoms with Crippen molar-refractivity contribution in [1.82, 2.24) is 25.8 Å². The summed E-state index contributed by atoms with van der Waals surface area (Å²) < 4.78 is 0.728. The van der Waals surface area contributed by atoms with Gasteiger partial charge in [-0.25, -0.2) is 9.78 Å². The number of carboxylic acid groups (broad SMARTS) is 1. The molecule has 13 heteroatoms. The third-order valence-corrected chi connectivity index (χ3v) is 10.4. The van der Waals surface area contributed by atoms with Crippen molar-refractivity contribution in [3.63, 3.8) is 0 Å². The van der Waals surface area contributed by atoms with Gasteiger partial charge in [0.15, 0.2) is 5.13 Å². The van der Waals surface area contributed by atoms with Gasteiger partial charge < -0.3 is 26.0 Å². The van der Waals surface area contributed by atoms with Crippen molar-refractivity contribution in [3.8, 4) is 0 Å². The maximum Gasteiger partial charge on any atom is 0.335 e. The normalized spacial score (nSPS) is 17.5. The number of aromatic carboxylic acids is 1. The second kappa shape index (κ2) is 14.6. The first-order valence-electron chi connectivity index (χ1n) is 17.0. The number of benzene rings is 3. The van der Waals surface area contributed by atoms with Crippen LogP contribution in [-0.4, -0.2) is 70.3 Å². The van der Waals surface area contributed by atoms with Crippen molar-refractivity contribution in [2.75, 3.05) is 18.9 Å². The first-order valence-corrected chi connectivity index (χ1v) is 17.8. The van der Waals surface area contributed by atoms with Crippen LogP contribution >= 0.6 is 11.3 Å². The van der Waals surface area contributed by atoms with Crippen LogP contribution in [0.4, 0.5) is 5.13 Å². The number of nitrogens with zero attached hydrogens (tertiary/aromatic N) is 2. The largest absolute Gasteiger partial charge is 0.478 e. The molecule has 1 aliphatic carbocycles. The molecular weight excluding hydrogens is 669 g/mol. The van der Waals surface area contributed by atoms with Crippen molar-refractivity contribution >= 4 is 56.3 Å². The number of likely N-dealkylation sites (N-methyl/N-ethyl adjacent to an activating group) is 1. The summed E-state index contributed by atoms with van der Waals surface area (Å²) in [6, 6.07) is 16.0. The van der Waals surface area contributed by atoms with Crippen LogP contribution in [0, 0.1) is 5.41 Å². The van der Waals surface area contributed by atoms with E-state index in [1.54, 1.807) is 25.2 Å². The molecule has 12 nitrogen and oxygen atoms in total. The van der Waals surface area contributed by atoms with E-state index in [9.17, 15) is 29.1 Å². The number of carbonyl (C=O) groups excluding carboxylic acids is 4. The zero-order chi connectivity index (χ0) is 36.4. The van der Waals surface area contributed by atoms with E-state index in [0.29, 0.717) is 21.8 Å². The molecule has 0 bridgehead atoms. The summed E-state index contributed by atoms with van der Waals surface area (Å²) in [4.78, 5) is 72.2. The minimum atomic E-state index is -1.06. The van der Waals surface area contributed by atoms with E-state index in [1.807, 2.05) is 45.0 Å². The summed E-state index contributed by atoms with van der Waals surface area (Å²) in [5.41, 5.74) is 4.08. The number of fused-ring (bicyclic) bond motifs is 3. The van der Waals surface area contributed by atoms with Crippen molar-refractivity contribution < 1.29 is 29.1 Å². The molecule has 3 atom stereocenters. The Balaban J connectivity index is 1.29. The average Bonchev–Trinajstić information content (AvgIpc) is 3.50. The number of anilines is 1. The molecule has 266 valence electrons. The summed E-state index contributed by atoms with van der Waals surface area (Å²) in [5.74, 6) is -2.47. The van der Waals surface area contributed by atoms with E-state index < -0.39 is 29.4 Å². The van der Waals surface area contributed by atoms with Gasteiger partial charge in [0, 0.05) is 18.5 Å². The molecule has 5 N–H and O–H groups in total. The lowest BCUT2D eigenvalue weighted by Crippen LogP contribution is -2.61. The topological polar surface area (TPSA) is 170 Å². The van der Waals surface area contributed by atoms with E-state index in [2.05, 4.69) is 32.3 Å². The van der Waals surface area contributed by atoms with Gasteiger partial charge in [0.25, 0.3) is 5.91 Å². The maximum atomic E-state index is 14.5. The Hall–Kier alpha value is -5.14. The number of carbonyl (C=O) groups is 5. The number of hydrogen-bond donors (Lipinski definition) is 5.